The van der Waals surface area contributed by atoms with Gasteiger partial charge in [0, 0.05) is 0 Å². The standard InChI is InChI=1S/C13H14O.C13H14/c1-9(2)10-3-4-12-8-13(14)6-5-11(12)7-10;1-2-5-11-8-9-12-6-3-4-7-13(12)10-11/h3-9,14H,1-2H3;3-4,6-10H,2,5H2,1H3. The molecule has 0 aliphatic carbocycles. The number of hydrogen-bond donors (Lipinski definition) is 1. The molecule has 1 nitrogen and oxygen atoms in total. The Hall–Kier alpha value is -2.80. The zero-order valence-corrected chi connectivity index (χ0v) is 16.4. The summed E-state index contributed by atoms with van der Waals surface area (Å²) in [5.41, 5.74) is 2.78. The number of aromatic hydroxyl groups is 1. The Kier molecular flexibility index (Phi) is 6.13. The van der Waals surface area contributed by atoms with Crippen molar-refractivity contribution in [2.24, 2.45) is 0 Å². The summed E-state index contributed by atoms with van der Waals surface area (Å²) < 4.78 is 0. The predicted octanol–water partition coefficient (Wildman–Crippen LogP) is 7.46. The highest BCUT2D eigenvalue weighted by Crippen LogP contribution is 2.24. The molecule has 0 aliphatic rings. The van der Waals surface area contributed by atoms with Crippen LogP contribution < -0.4 is 0 Å². The molecule has 4 aromatic rings. The maximum atomic E-state index is 9.31. The van der Waals surface area contributed by atoms with Crippen molar-refractivity contribution < 1.29 is 5.11 Å². The van der Waals surface area contributed by atoms with Gasteiger partial charge in [0.2, 0.25) is 0 Å². The van der Waals surface area contributed by atoms with E-state index in [9.17, 15) is 5.11 Å². The van der Waals surface area contributed by atoms with Crippen LogP contribution in [0.2, 0.25) is 0 Å². The SMILES string of the molecule is CC(C)c1ccc2cc(O)ccc2c1.CCCc1ccc2ccccc2c1. The quantitative estimate of drug-likeness (QED) is 0.404. The van der Waals surface area contributed by atoms with Crippen molar-refractivity contribution in [3.8, 4) is 5.75 Å². The molecule has 27 heavy (non-hydrogen) atoms. The highest BCUT2D eigenvalue weighted by atomic mass is 16.3. The summed E-state index contributed by atoms with van der Waals surface area (Å²) in [7, 11) is 0. The maximum absolute atomic E-state index is 9.31. The van der Waals surface area contributed by atoms with E-state index in [4.69, 9.17) is 0 Å². The summed E-state index contributed by atoms with van der Waals surface area (Å²) in [6, 6.07) is 27.1. The van der Waals surface area contributed by atoms with Gasteiger partial charge in [-0.25, -0.2) is 0 Å². The lowest BCUT2D eigenvalue weighted by Crippen LogP contribution is -1.86. The number of phenolic OH excluding ortho intramolecular Hbond substituents is 1. The van der Waals surface area contributed by atoms with Crippen LogP contribution in [0.1, 0.15) is 44.2 Å². The van der Waals surface area contributed by atoms with Crippen LogP contribution in [-0.4, -0.2) is 5.11 Å². The van der Waals surface area contributed by atoms with Crippen LogP contribution in [-0.2, 0) is 6.42 Å². The highest BCUT2D eigenvalue weighted by molar-refractivity contribution is 5.84. The van der Waals surface area contributed by atoms with Crippen LogP contribution in [0, 0.1) is 0 Å². The van der Waals surface area contributed by atoms with Gasteiger partial charge in [0.25, 0.3) is 0 Å². The summed E-state index contributed by atoms with van der Waals surface area (Å²) in [6.45, 7) is 6.58. The largest absolute Gasteiger partial charge is 0.508 e. The Morgan fingerprint density at radius 3 is 2.07 bits per heavy atom. The lowest BCUT2D eigenvalue weighted by molar-refractivity contribution is 0.476. The minimum Gasteiger partial charge on any atom is -0.508 e. The molecule has 0 saturated carbocycles. The van der Waals surface area contributed by atoms with Gasteiger partial charge in [-0.15, -0.1) is 0 Å². The van der Waals surface area contributed by atoms with Gasteiger partial charge in [0.15, 0.2) is 0 Å². The van der Waals surface area contributed by atoms with E-state index in [1.807, 2.05) is 6.07 Å². The predicted molar refractivity (Wildman–Crippen MR) is 118 cm³/mol. The van der Waals surface area contributed by atoms with Gasteiger partial charge in [0.05, 0.1) is 0 Å². The van der Waals surface area contributed by atoms with Gasteiger partial charge >= 0.3 is 0 Å². The fourth-order valence-electron chi connectivity index (χ4n) is 3.29. The summed E-state index contributed by atoms with van der Waals surface area (Å²) >= 11 is 0. The van der Waals surface area contributed by atoms with E-state index in [1.54, 1.807) is 12.1 Å². The first-order valence-corrected chi connectivity index (χ1v) is 9.77. The van der Waals surface area contributed by atoms with E-state index in [0.29, 0.717) is 11.7 Å². The van der Waals surface area contributed by atoms with Crippen molar-refractivity contribution in [2.45, 2.75) is 39.5 Å². The van der Waals surface area contributed by atoms with Crippen LogP contribution in [0.3, 0.4) is 0 Å². The second kappa shape index (κ2) is 8.73. The van der Waals surface area contributed by atoms with Gasteiger partial charge in [-0.05, 0) is 57.1 Å². The second-order valence-corrected chi connectivity index (χ2v) is 7.38. The molecular weight excluding hydrogens is 328 g/mol. The van der Waals surface area contributed by atoms with Crippen molar-refractivity contribution in [1.82, 2.24) is 0 Å². The molecule has 0 atom stereocenters. The number of fused-ring (bicyclic) bond motifs is 2. The van der Waals surface area contributed by atoms with Crippen molar-refractivity contribution >= 4 is 21.5 Å². The highest BCUT2D eigenvalue weighted by Gasteiger charge is 2.00. The van der Waals surface area contributed by atoms with Crippen molar-refractivity contribution in [1.29, 1.82) is 0 Å². The Bertz CT molecular complexity index is 1030. The Balaban J connectivity index is 0.000000156. The van der Waals surface area contributed by atoms with E-state index in [1.165, 1.54) is 40.1 Å². The Morgan fingerprint density at radius 1 is 0.704 bits per heavy atom. The zero-order valence-electron chi connectivity index (χ0n) is 16.4. The van der Waals surface area contributed by atoms with Crippen molar-refractivity contribution in [3.63, 3.8) is 0 Å². The van der Waals surface area contributed by atoms with E-state index in [-0.39, 0.29) is 0 Å². The molecule has 0 bridgehead atoms. The first kappa shape index (κ1) is 19.0. The molecule has 0 heterocycles. The van der Waals surface area contributed by atoms with Crippen molar-refractivity contribution in [3.05, 3.63) is 90.0 Å². The maximum Gasteiger partial charge on any atom is 0.116 e. The van der Waals surface area contributed by atoms with Crippen LogP contribution >= 0.6 is 0 Å². The topological polar surface area (TPSA) is 20.2 Å². The van der Waals surface area contributed by atoms with Gasteiger partial charge in [-0.1, -0.05) is 93.9 Å². The molecule has 0 aliphatic heterocycles. The van der Waals surface area contributed by atoms with E-state index in [0.717, 1.165) is 5.39 Å². The first-order valence-electron chi connectivity index (χ1n) is 9.77. The van der Waals surface area contributed by atoms with Crippen LogP contribution in [0.15, 0.2) is 78.9 Å². The third-order valence-electron chi connectivity index (χ3n) is 4.87. The molecule has 0 radical (unpaired) electrons. The average molecular weight is 357 g/mol. The van der Waals surface area contributed by atoms with Crippen molar-refractivity contribution in [2.75, 3.05) is 0 Å². The van der Waals surface area contributed by atoms with Crippen LogP contribution in [0.25, 0.3) is 21.5 Å². The number of aryl methyl sites for hydroxylation is 1. The Morgan fingerprint density at radius 2 is 1.33 bits per heavy atom. The van der Waals surface area contributed by atoms with E-state index >= 15 is 0 Å². The molecule has 4 rings (SSSR count). The zero-order chi connectivity index (χ0) is 19.2. The lowest BCUT2D eigenvalue weighted by atomic mass is 9.99. The summed E-state index contributed by atoms with van der Waals surface area (Å²) in [5.74, 6) is 0.878. The molecule has 1 N–H and O–H groups in total. The second-order valence-electron chi connectivity index (χ2n) is 7.38. The van der Waals surface area contributed by atoms with E-state index in [2.05, 4.69) is 81.4 Å². The first-order chi connectivity index (χ1) is 13.1. The molecular formula is C26H28O. The number of rotatable bonds is 3. The monoisotopic (exact) mass is 356 g/mol. The molecule has 0 unspecified atom stereocenters. The molecule has 0 spiro atoms. The van der Waals surface area contributed by atoms with Crippen LogP contribution in [0.5, 0.6) is 5.75 Å². The fraction of sp³-hybridized carbons (Fsp3) is 0.231. The third-order valence-corrected chi connectivity index (χ3v) is 4.87. The van der Waals surface area contributed by atoms with Gasteiger partial charge in [-0.2, -0.15) is 0 Å². The summed E-state index contributed by atoms with van der Waals surface area (Å²) in [6.07, 6.45) is 2.41. The summed E-state index contributed by atoms with van der Waals surface area (Å²) in [4.78, 5) is 0. The molecule has 0 fully saturated rings. The van der Waals surface area contributed by atoms with Gasteiger partial charge < -0.3 is 5.11 Å². The number of hydrogen-bond acceptors (Lipinski definition) is 1. The molecule has 4 aromatic carbocycles. The Labute approximate surface area is 162 Å². The smallest absolute Gasteiger partial charge is 0.116 e. The average Bonchev–Trinajstić information content (AvgIpc) is 2.68. The molecule has 138 valence electrons. The van der Waals surface area contributed by atoms with E-state index < -0.39 is 0 Å². The lowest BCUT2D eigenvalue weighted by Gasteiger charge is -2.06. The minimum absolute atomic E-state index is 0.329. The third kappa shape index (κ3) is 4.89. The molecule has 0 saturated heterocycles. The van der Waals surface area contributed by atoms with Gasteiger partial charge in [-0.3, -0.25) is 0 Å². The summed E-state index contributed by atoms with van der Waals surface area (Å²) in [5, 5.41) is 14.3. The van der Waals surface area contributed by atoms with Crippen LogP contribution in [0.4, 0.5) is 0 Å². The fourth-order valence-corrected chi connectivity index (χ4v) is 3.29. The van der Waals surface area contributed by atoms with Gasteiger partial charge in [0.1, 0.15) is 5.75 Å². The minimum atomic E-state index is 0.329. The number of benzene rings is 4. The number of phenols is 1. The molecule has 0 amide bonds. The molecule has 1 heteroatoms. The normalized spacial score (nSPS) is 10.8. The molecule has 0 aromatic heterocycles.